The van der Waals surface area contributed by atoms with Gasteiger partial charge in [-0.05, 0) is 77.9 Å². The fraction of sp³-hybridized carbons (Fsp3) is 0.296. The molecule has 184 valence electrons. The number of carbonyl (C=O) groups excluding carboxylic acids is 1. The molecule has 1 N–H and O–H groups in total. The molecule has 3 aromatic rings. The van der Waals surface area contributed by atoms with E-state index in [1.807, 2.05) is 42.5 Å². The summed E-state index contributed by atoms with van der Waals surface area (Å²) in [6.07, 6.45) is 2.31. The number of nitrogens with one attached hydrogen (secondary N) is 1. The molecule has 1 fully saturated rings. The molecule has 1 aliphatic carbocycles. The number of benzene rings is 3. The molecule has 3 aromatic carbocycles. The lowest BCUT2D eigenvalue weighted by molar-refractivity contribution is -0.118. The number of sulfonamides is 1. The summed E-state index contributed by atoms with van der Waals surface area (Å²) in [4.78, 5) is 13.6. The van der Waals surface area contributed by atoms with E-state index in [0.29, 0.717) is 17.2 Å². The second kappa shape index (κ2) is 8.70. The molecule has 0 unspecified atom stereocenters. The largest absolute Gasteiger partial charge is 0.454 e. The van der Waals surface area contributed by atoms with Gasteiger partial charge in [-0.2, -0.15) is 0 Å². The van der Waals surface area contributed by atoms with Crippen LogP contribution in [0.5, 0.6) is 11.5 Å². The van der Waals surface area contributed by atoms with Crippen LogP contribution in [0.2, 0.25) is 0 Å². The van der Waals surface area contributed by atoms with Crippen LogP contribution in [0.4, 0.5) is 5.69 Å². The number of fused-ring (bicyclic) bond motifs is 1. The summed E-state index contributed by atoms with van der Waals surface area (Å²) in [5.41, 5.74) is 3.78. The van der Waals surface area contributed by atoms with Crippen LogP contribution in [0.1, 0.15) is 32.3 Å². The van der Waals surface area contributed by atoms with E-state index in [1.54, 1.807) is 18.2 Å². The van der Waals surface area contributed by atoms with Gasteiger partial charge in [0.25, 0.3) is 0 Å². The highest BCUT2D eigenvalue weighted by Gasteiger charge is 2.51. The van der Waals surface area contributed by atoms with Crippen molar-refractivity contribution in [3.05, 3.63) is 71.8 Å². The lowest BCUT2D eigenvalue weighted by Crippen LogP contribution is -2.27. The Bertz CT molecular complexity index is 1420. The third-order valence-corrected chi connectivity index (χ3v) is 8.59. The van der Waals surface area contributed by atoms with Gasteiger partial charge in [0.2, 0.25) is 22.7 Å². The quantitative estimate of drug-likeness (QED) is 0.510. The maximum atomic E-state index is 13.4. The zero-order chi connectivity index (χ0) is 24.8. The van der Waals surface area contributed by atoms with E-state index in [-0.39, 0.29) is 19.0 Å². The van der Waals surface area contributed by atoms with Crippen molar-refractivity contribution in [2.45, 2.75) is 36.5 Å². The van der Waals surface area contributed by atoms with Crippen molar-refractivity contribution in [3.63, 3.8) is 0 Å². The summed E-state index contributed by atoms with van der Waals surface area (Å²) in [6, 6.07) is 18.4. The Morgan fingerprint density at radius 1 is 1.03 bits per heavy atom. The summed E-state index contributed by atoms with van der Waals surface area (Å²) in [5, 5.41) is 3.10. The van der Waals surface area contributed by atoms with Crippen LogP contribution >= 0.6 is 0 Å². The summed E-state index contributed by atoms with van der Waals surface area (Å²) < 4.78 is 37.4. The Morgan fingerprint density at radius 3 is 2.51 bits per heavy atom. The van der Waals surface area contributed by atoms with Gasteiger partial charge in [0.15, 0.2) is 11.5 Å². The van der Waals surface area contributed by atoms with Crippen molar-refractivity contribution in [2.75, 3.05) is 26.2 Å². The Labute approximate surface area is 207 Å². The molecule has 5 rings (SSSR count). The van der Waals surface area contributed by atoms with Crippen LogP contribution in [-0.4, -0.2) is 39.5 Å². The molecular formula is C27H30N2O5S. The van der Waals surface area contributed by atoms with Gasteiger partial charge in [-0.25, -0.2) is 12.7 Å². The fourth-order valence-electron chi connectivity index (χ4n) is 4.48. The number of hydrogen-bond acceptors (Lipinski definition) is 5. The molecule has 0 bridgehead atoms. The molecule has 0 saturated heterocycles. The minimum absolute atomic E-state index is 0. The minimum Gasteiger partial charge on any atom is -0.454 e. The van der Waals surface area contributed by atoms with Crippen molar-refractivity contribution in [3.8, 4) is 22.6 Å². The lowest BCUT2D eigenvalue weighted by atomic mass is 9.93. The van der Waals surface area contributed by atoms with Gasteiger partial charge in [0, 0.05) is 21.2 Å². The topological polar surface area (TPSA) is 84.9 Å². The molecule has 0 radical (unpaired) electrons. The first kappa shape index (κ1) is 23.4. The monoisotopic (exact) mass is 494 g/mol. The molecule has 1 heterocycles. The number of amides is 1. The Balaban J connectivity index is 0.00000304. The van der Waals surface area contributed by atoms with E-state index in [4.69, 9.17) is 9.47 Å². The first-order valence-corrected chi connectivity index (χ1v) is 13.1. The normalized spacial score (nSPS) is 15.8. The van der Waals surface area contributed by atoms with E-state index in [9.17, 15) is 13.2 Å². The number of carbonyl (C=O) groups is 1. The van der Waals surface area contributed by atoms with Gasteiger partial charge in [0.1, 0.15) is 0 Å². The molecule has 0 spiro atoms. The zero-order valence-electron chi connectivity index (χ0n) is 20.0. The van der Waals surface area contributed by atoms with E-state index in [0.717, 1.165) is 41.5 Å². The predicted octanol–water partition coefficient (Wildman–Crippen LogP) is 4.81. The molecule has 7 nitrogen and oxygen atoms in total. The Kier molecular flexibility index (Phi) is 5.81. The van der Waals surface area contributed by atoms with E-state index < -0.39 is 15.4 Å². The van der Waals surface area contributed by atoms with Gasteiger partial charge in [-0.1, -0.05) is 31.2 Å². The van der Waals surface area contributed by atoms with Crippen molar-refractivity contribution < 1.29 is 24.1 Å². The summed E-state index contributed by atoms with van der Waals surface area (Å²) >= 11 is 0. The van der Waals surface area contributed by atoms with Crippen LogP contribution in [0.15, 0.2) is 65.6 Å². The molecule has 1 aliphatic heterocycles. The average molecular weight is 495 g/mol. The highest BCUT2D eigenvalue weighted by Crippen LogP contribution is 2.51. The second-order valence-corrected chi connectivity index (χ2v) is 11.3. The zero-order valence-corrected chi connectivity index (χ0v) is 20.8. The number of ether oxygens (including phenoxy) is 2. The maximum absolute atomic E-state index is 13.4. The van der Waals surface area contributed by atoms with E-state index >= 15 is 0 Å². The number of rotatable bonds is 7. The molecule has 0 atom stereocenters. The maximum Gasteiger partial charge on any atom is 0.242 e. The van der Waals surface area contributed by atoms with Crippen LogP contribution in [-0.2, 0) is 26.7 Å². The highest BCUT2D eigenvalue weighted by atomic mass is 32.2. The second-order valence-electron chi connectivity index (χ2n) is 9.15. The minimum atomic E-state index is -3.56. The molecule has 1 amide bonds. The summed E-state index contributed by atoms with van der Waals surface area (Å²) in [6.45, 7) is 2.25. The average Bonchev–Trinajstić information content (AvgIpc) is 3.54. The number of aryl methyl sites for hydroxylation is 1. The standard InChI is InChI=1S/C27H28N2O5S.H2/c1-4-18-8-10-21(16-23(18)19-6-5-7-22(14-19)35(31,32)29(2)3)28-26(30)27(12-13-27)20-9-11-24-25(15-20)34-17-33-24;/h5-11,14-16H,4,12-13,17H2,1-3H3,(H,28,30);1H. The molecule has 2 aliphatic rings. The first-order valence-electron chi connectivity index (χ1n) is 11.6. The van der Waals surface area contributed by atoms with Crippen LogP contribution in [0.3, 0.4) is 0 Å². The lowest BCUT2D eigenvalue weighted by Gasteiger charge is -2.18. The van der Waals surface area contributed by atoms with Gasteiger partial charge < -0.3 is 14.8 Å². The van der Waals surface area contributed by atoms with Gasteiger partial charge >= 0.3 is 0 Å². The van der Waals surface area contributed by atoms with Crippen molar-refractivity contribution in [2.24, 2.45) is 0 Å². The third-order valence-electron chi connectivity index (χ3n) is 6.78. The summed E-state index contributed by atoms with van der Waals surface area (Å²) in [7, 11) is -0.523. The molecule has 35 heavy (non-hydrogen) atoms. The van der Waals surface area contributed by atoms with E-state index in [1.165, 1.54) is 18.4 Å². The molecule has 0 aromatic heterocycles. The van der Waals surface area contributed by atoms with Gasteiger partial charge in [-0.15, -0.1) is 0 Å². The number of anilines is 1. The van der Waals surface area contributed by atoms with Gasteiger partial charge in [-0.3, -0.25) is 4.79 Å². The summed E-state index contributed by atoms with van der Waals surface area (Å²) in [5.74, 6) is 1.31. The molecule has 8 heteroatoms. The first-order chi connectivity index (χ1) is 16.7. The van der Waals surface area contributed by atoms with Gasteiger partial charge in [0.05, 0.1) is 10.3 Å². The number of nitrogens with zero attached hydrogens (tertiary/aromatic N) is 1. The SMILES string of the molecule is CCc1ccc(NC(=O)C2(c3ccc4c(c3)OCO4)CC2)cc1-c1cccc(S(=O)(=O)N(C)C)c1.[HH]. The highest BCUT2D eigenvalue weighted by molar-refractivity contribution is 7.89. The molecule has 1 saturated carbocycles. The van der Waals surface area contributed by atoms with E-state index in [2.05, 4.69) is 12.2 Å². The fourth-order valence-corrected chi connectivity index (χ4v) is 5.43. The van der Waals surface area contributed by atoms with Crippen molar-refractivity contribution in [1.82, 2.24) is 4.31 Å². The van der Waals surface area contributed by atoms with Crippen molar-refractivity contribution >= 4 is 21.6 Å². The molecular weight excluding hydrogens is 464 g/mol. The smallest absolute Gasteiger partial charge is 0.242 e. The van der Waals surface area contributed by atoms with Crippen LogP contribution in [0.25, 0.3) is 11.1 Å². The van der Waals surface area contributed by atoms with Crippen molar-refractivity contribution in [1.29, 1.82) is 0 Å². The Hall–Kier alpha value is -3.36. The Morgan fingerprint density at radius 2 is 1.80 bits per heavy atom. The third kappa shape index (κ3) is 4.17. The predicted molar refractivity (Wildman–Crippen MR) is 136 cm³/mol. The van der Waals surface area contributed by atoms with Crippen LogP contribution < -0.4 is 14.8 Å². The van der Waals surface area contributed by atoms with Crippen LogP contribution in [0, 0.1) is 0 Å². The number of hydrogen-bond donors (Lipinski definition) is 1.